The van der Waals surface area contributed by atoms with Crippen molar-refractivity contribution in [2.45, 2.75) is 6.42 Å². The second-order valence-electron chi connectivity index (χ2n) is 5.72. The highest BCUT2D eigenvalue weighted by Crippen LogP contribution is 2.28. The first-order valence-corrected chi connectivity index (χ1v) is 9.12. The summed E-state index contributed by atoms with van der Waals surface area (Å²) in [6.07, 6.45) is 4.44. The van der Waals surface area contributed by atoms with Crippen LogP contribution < -0.4 is 4.74 Å². The summed E-state index contributed by atoms with van der Waals surface area (Å²) < 4.78 is 6.02. The van der Waals surface area contributed by atoms with Crippen LogP contribution in [0.1, 0.15) is 5.56 Å². The Hall–Kier alpha value is -2.85. The highest BCUT2D eigenvalue weighted by Gasteiger charge is 2.07. The van der Waals surface area contributed by atoms with Crippen LogP contribution in [0.15, 0.2) is 78.6 Å². The number of thiophene rings is 1. The Kier molecular flexibility index (Phi) is 4.61. The molecule has 0 aliphatic heterocycles. The molecule has 4 rings (SSSR count). The Morgan fingerprint density at radius 1 is 0.960 bits per heavy atom. The highest BCUT2D eigenvalue weighted by atomic mass is 32.1. The van der Waals surface area contributed by atoms with E-state index in [1.807, 2.05) is 30.5 Å². The first-order chi connectivity index (χ1) is 12.4. The third kappa shape index (κ3) is 3.64. The first-order valence-electron chi connectivity index (χ1n) is 8.24. The third-order valence-corrected chi connectivity index (χ3v) is 4.99. The second kappa shape index (κ2) is 7.36. The van der Waals surface area contributed by atoms with E-state index in [0.29, 0.717) is 6.61 Å². The van der Waals surface area contributed by atoms with Crippen molar-refractivity contribution in [2.24, 2.45) is 0 Å². The smallest absolute Gasteiger partial charge is 0.128 e. The lowest BCUT2D eigenvalue weighted by molar-refractivity contribution is 0.323. The van der Waals surface area contributed by atoms with Gasteiger partial charge in [0.05, 0.1) is 18.6 Å². The Morgan fingerprint density at radius 2 is 1.84 bits per heavy atom. The molecule has 2 heterocycles. The van der Waals surface area contributed by atoms with Gasteiger partial charge in [0.1, 0.15) is 5.75 Å². The monoisotopic (exact) mass is 346 g/mol. The quantitative estimate of drug-likeness (QED) is 0.506. The van der Waals surface area contributed by atoms with Crippen molar-refractivity contribution in [3.8, 4) is 27.4 Å². The molecule has 4 heteroatoms. The van der Waals surface area contributed by atoms with E-state index in [0.717, 1.165) is 23.4 Å². The Balaban J connectivity index is 1.40. The van der Waals surface area contributed by atoms with Gasteiger partial charge in [0, 0.05) is 23.1 Å². The minimum atomic E-state index is 0.639. The van der Waals surface area contributed by atoms with Gasteiger partial charge in [-0.2, -0.15) is 0 Å². The number of hydrogen-bond donors (Lipinski definition) is 1. The number of nitrogens with one attached hydrogen (secondary N) is 1. The van der Waals surface area contributed by atoms with Gasteiger partial charge in [-0.3, -0.25) is 0 Å². The molecule has 0 aliphatic rings. The van der Waals surface area contributed by atoms with Crippen LogP contribution in [0.4, 0.5) is 0 Å². The number of H-pyrrole nitrogens is 1. The number of benzene rings is 2. The van der Waals surface area contributed by atoms with Crippen LogP contribution >= 0.6 is 11.3 Å². The molecule has 0 spiro atoms. The summed E-state index contributed by atoms with van der Waals surface area (Å²) in [4.78, 5) is 8.60. The molecule has 3 nitrogen and oxygen atoms in total. The molecule has 0 radical (unpaired) electrons. The molecular weight excluding hydrogens is 328 g/mol. The van der Waals surface area contributed by atoms with E-state index in [9.17, 15) is 0 Å². The third-order valence-electron chi connectivity index (χ3n) is 4.07. The van der Waals surface area contributed by atoms with Crippen LogP contribution in [0.3, 0.4) is 0 Å². The standard InChI is InChI=1S/C21H18N2OS/c1-2-5-20(18(4-1)19-14-22-15-23-19)24-12-11-16-7-9-17(10-8-16)21-6-3-13-25-21/h1-10,13-15H,11-12H2,(H,22,23). The first kappa shape index (κ1) is 15.7. The van der Waals surface area contributed by atoms with Crippen molar-refractivity contribution in [1.82, 2.24) is 9.97 Å². The van der Waals surface area contributed by atoms with Crippen molar-refractivity contribution < 1.29 is 4.74 Å². The summed E-state index contributed by atoms with van der Waals surface area (Å²) >= 11 is 1.76. The normalized spacial score (nSPS) is 10.7. The SMILES string of the molecule is c1csc(-c2ccc(CCOc3ccccc3-c3c[nH]cn3)cc2)c1. The van der Waals surface area contributed by atoms with Crippen molar-refractivity contribution in [3.05, 3.63) is 84.1 Å². The van der Waals surface area contributed by atoms with Crippen LogP contribution in [0, 0.1) is 0 Å². The minimum absolute atomic E-state index is 0.639. The van der Waals surface area contributed by atoms with Crippen LogP contribution in [0.5, 0.6) is 5.75 Å². The maximum Gasteiger partial charge on any atom is 0.128 e. The highest BCUT2D eigenvalue weighted by molar-refractivity contribution is 7.13. The molecule has 0 atom stereocenters. The number of hydrogen-bond acceptors (Lipinski definition) is 3. The molecule has 0 saturated carbocycles. The van der Waals surface area contributed by atoms with Crippen molar-refractivity contribution >= 4 is 11.3 Å². The summed E-state index contributed by atoms with van der Waals surface area (Å²) in [5.74, 6) is 0.866. The number of rotatable bonds is 6. The number of para-hydroxylation sites is 1. The summed E-state index contributed by atoms with van der Waals surface area (Å²) in [5.41, 5.74) is 4.45. The molecule has 4 aromatic rings. The Morgan fingerprint density at radius 3 is 2.60 bits per heavy atom. The van der Waals surface area contributed by atoms with Gasteiger partial charge in [0.25, 0.3) is 0 Å². The molecule has 0 amide bonds. The van der Waals surface area contributed by atoms with Gasteiger partial charge in [0.2, 0.25) is 0 Å². The minimum Gasteiger partial charge on any atom is -0.493 e. The van der Waals surface area contributed by atoms with Crippen LogP contribution in [0.2, 0.25) is 0 Å². The molecule has 25 heavy (non-hydrogen) atoms. The van der Waals surface area contributed by atoms with Crippen molar-refractivity contribution in [1.29, 1.82) is 0 Å². The molecule has 0 bridgehead atoms. The zero-order valence-corrected chi connectivity index (χ0v) is 14.5. The zero-order chi connectivity index (χ0) is 16.9. The molecule has 1 N–H and O–H groups in total. The van der Waals surface area contributed by atoms with E-state index >= 15 is 0 Å². The van der Waals surface area contributed by atoms with Gasteiger partial charge < -0.3 is 9.72 Å². The molecule has 0 aliphatic carbocycles. The van der Waals surface area contributed by atoms with E-state index in [1.165, 1.54) is 16.0 Å². The average molecular weight is 346 g/mol. The molecule has 0 unspecified atom stereocenters. The topological polar surface area (TPSA) is 37.9 Å². The lowest BCUT2D eigenvalue weighted by Crippen LogP contribution is -2.02. The van der Waals surface area contributed by atoms with Gasteiger partial charge in [-0.1, -0.05) is 42.5 Å². The van der Waals surface area contributed by atoms with E-state index < -0.39 is 0 Å². The fraction of sp³-hybridized carbons (Fsp3) is 0.0952. The molecule has 0 saturated heterocycles. The van der Waals surface area contributed by atoms with Crippen LogP contribution in [-0.4, -0.2) is 16.6 Å². The van der Waals surface area contributed by atoms with Gasteiger partial charge in [-0.15, -0.1) is 11.3 Å². The van der Waals surface area contributed by atoms with E-state index in [1.54, 1.807) is 17.7 Å². The number of aromatic amines is 1. The second-order valence-corrected chi connectivity index (χ2v) is 6.67. The maximum atomic E-state index is 6.02. The van der Waals surface area contributed by atoms with Crippen molar-refractivity contribution in [3.63, 3.8) is 0 Å². The number of aromatic nitrogens is 2. The number of ether oxygens (including phenoxy) is 1. The summed E-state index contributed by atoms with van der Waals surface area (Å²) in [5, 5.41) is 2.11. The lowest BCUT2D eigenvalue weighted by Gasteiger charge is -2.10. The van der Waals surface area contributed by atoms with E-state index in [4.69, 9.17) is 4.74 Å². The number of imidazole rings is 1. The molecule has 124 valence electrons. The predicted molar refractivity (Wildman–Crippen MR) is 103 cm³/mol. The van der Waals surface area contributed by atoms with Gasteiger partial charge in [-0.05, 0) is 34.7 Å². The summed E-state index contributed by atoms with van der Waals surface area (Å²) in [6, 6.07) is 21.0. The fourth-order valence-corrected chi connectivity index (χ4v) is 3.50. The number of nitrogens with zero attached hydrogens (tertiary/aromatic N) is 1. The zero-order valence-electron chi connectivity index (χ0n) is 13.7. The largest absolute Gasteiger partial charge is 0.493 e. The van der Waals surface area contributed by atoms with Crippen LogP contribution in [-0.2, 0) is 6.42 Å². The lowest BCUT2D eigenvalue weighted by atomic mass is 10.1. The summed E-state index contributed by atoms with van der Waals surface area (Å²) in [6.45, 7) is 0.639. The van der Waals surface area contributed by atoms with Crippen molar-refractivity contribution in [2.75, 3.05) is 6.61 Å². The maximum absolute atomic E-state index is 6.02. The fourth-order valence-electron chi connectivity index (χ4n) is 2.77. The molecule has 2 aromatic heterocycles. The summed E-state index contributed by atoms with van der Waals surface area (Å²) in [7, 11) is 0. The van der Waals surface area contributed by atoms with Gasteiger partial charge >= 0.3 is 0 Å². The Bertz CT molecular complexity index is 913. The van der Waals surface area contributed by atoms with Gasteiger partial charge in [0.15, 0.2) is 0 Å². The molecule has 0 fully saturated rings. The predicted octanol–water partition coefficient (Wildman–Crippen LogP) is 5.43. The van der Waals surface area contributed by atoms with E-state index in [-0.39, 0.29) is 0 Å². The van der Waals surface area contributed by atoms with Crippen LogP contribution in [0.25, 0.3) is 21.7 Å². The molecular formula is C21H18N2OS. The van der Waals surface area contributed by atoms with Gasteiger partial charge in [-0.25, -0.2) is 4.98 Å². The Labute approximate surface area is 151 Å². The molecule has 2 aromatic carbocycles. The van der Waals surface area contributed by atoms with E-state index in [2.05, 4.69) is 51.7 Å². The average Bonchev–Trinajstić information content (AvgIpc) is 3.37.